The van der Waals surface area contributed by atoms with Gasteiger partial charge in [0.05, 0.1) is 12.2 Å². The smallest absolute Gasteiger partial charge is 0.146 e. The Labute approximate surface area is 117 Å². The molecule has 2 aromatic rings. The first-order chi connectivity index (χ1) is 9.61. The van der Waals surface area contributed by atoms with Crippen molar-refractivity contribution < 1.29 is 14.2 Å². The van der Waals surface area contributed by atoms with Crippen molar-refractivity contribution in [1.29, 1.82) is 0 Å². The molecule has 3 nitrogen and oxygen atoms in total. The van der Waals surface area contributed by atoms with Crippen LogP contribution < -0.4 is 9.64 Å². The van der Waals surface area contributed by atoms with Crippen LogP contribution >= 0.6 is 0 Å². The highest BCUT2D eigenvalue weighted by atomic mass is 19.1. The Hall–Kier alpha value is -2.23. The normalized spacial score (nSPS) is 17.5. The summed E-state index contributed by atoms with van der Waals surface area (Å²) in [6.45, 7) is 0.759. The van der Waals surface area contributed by atoms with Crippen molar-refractivity contribution in [1.82, 2.24) is 0 Å². The predicted molar refractivity (Wildman–Crippen MR) is 75.9 cm³/mol. The van der Waals surface area contributed by atoms with Gasteiger partial charge in [0.15, 0.2) is 0 Å². The molecule has 0 spiro atoms. The second kappa shape index (κ2) is 5.04. The molecule has 1 heterocycles. The molecule has 0 radical (unpaired) electrons. The molecule has 1 N–H and O–H groups in total. The lowest BCUT2D eigenvalue weighted by Gasteiger charge is -2.34. The number of ether oxygens (including phenoxy) is 1. The lowest BCUT2D eigenvalue weighted by molar-refractivity contribution is 0.195. The lowest BCUT2D eigenvalue weighted by atomic mass is 10.1. The molecule has 0 saturated carbocycles. The maximum Gasteiger partial charge on any atom is 0.146 e. The van der Waals surface area contributed by atoms with Crippen molar-refractivity contribution in [3.8, 4) is 11.5 Å². The topological polar surface area (TPSA) is 32.7 Å². The SMILES string of the molecule is CN1CC(Cc2ccc(F)cc2)Oc2cc(O)ccc21. The number of hydrogen-bond acceptors (Lipinski definition) is 3. The Morgan fingerprint density at radius 1 is 1.25 bits per heavy atom. The van der Waals surface area contributed by atoms with Crippen molar-refractivity contribution in [2.24, 2.45) is 0 Å². The van der Waals surface area contributed by atoms with Crippen LogP contribution in [0.25, 0.3) is 0 Å². The molecule has 0 saturated heterocycles. The number of phenolic OH excluding ortho intramolecular Hbond substituents is 1. The fourth-order valence-corrected chi connectivity index (χ4v) is 2.52. The van der Waals surface area contributed by atoms with Gasteiger partial charge < -0.3 is 14.7 Å². The summed E-state index contributed by atoms with van der Waals surface area (Å²) in [5, 5.41) is 9.54. The van der Waals surface area contributed by atoms with Crippen LogP contribution in [0.5, 0.6) is 11.5 Å². The quantitative estimate of drug-likeness (QED) is 0.913. The third kappa shape index (κ3) is 2.54. The van der Waals surface area contributed by atoms with E-state index >= 15 is 0 Å². The summed E-state index contributed by atoms with van der Waals surface area (Å²) in [6, 6.07) is 11.6. The van der Waals surface area contributed by atoms with Gasteiger partial charge in [-0.3, -0.25) is 0 Å². The van der Waals surface area contributed by atoms with E-state index in [1.807, 2.05) is 13.1 Å². The summed E-state index contributed by atoms with van der Waals surface area (Å²) < 4.78 is 18.8. The van der Waals surface area contributed by atoms with Crippen LogP contribution in [-0.4, -0.2) is 24.8 Å². The largest absolute Gasteiger partial charge is 0.508 e. The Morgan fingerprint density at radius 2 is 2.00 bits per heavy atom. The van der Waals surface area contributed by atoms with Crippen LogP contribution in [0.2, 0.25) is 0 Å². The Balaban J connectivity index is 1.78. The van der Waals surface area contributed by atoms with E-state index in [4.69, 9.17) is 4.74 Å². The molecule has 0 bridgehead atoms. The summed E-state index contributed by atoms with van der Waals surface area (Å²) in [4.78, 5) is 2.10. The van der Waals surface area contributed by atoms with E-state index in [-0.39, 0.29) is 17.7 Å². The molecule has 104 valence electrons. The minimum absolute atomic E-state index is 0.0141. The van der Waals surface area contributed by atoms with E-state index in [1.165, 1.54) is 12.1 Å². The van der Waals surface area contributed by atoms with Gasteiger partial charge in [-0.2, -0.15) is 0 Å². The number of benzene rings is 2. The summed E-state index contributed by atoms with van der Waals surface area (Å²) in [6.07, 6.45) is 0.694. The number of rotatable bonds is 2. The highest BCUT2D eigenvalue weighted by Crippen LogP contribution is 2.35. The van der Waals surface area contributed by atoms with Crippen molar-refractivity contribution in [3.05, 3.63) is 53.8 Å². The summed E-state index contributed by atoms with van der Waals surface area (Å²) >= 11 is 0. The molecule has 0 amide bonds. The molecular formula is C16H16FNO2. The predicted octanol–water partition coefficient (Wildman–Crippen LogP) is 2.97. The van der Waals surface area contributed by atoms with Gasteiger partial charge in [0, 0.05) is 19.5 Å². The number of phenols is 1. The molecule has 2 aromatic carbocycles. The van der Waals surface area contributed by atoms with Gasteiger partial charge >= 0.3 is 0 Å². The number of nitrogens with zero attached hydrogens (tertiary/aromatic N) is 1. The fraction of sp³-hybridized carbons (Fsp3) is 0.250. The van der Waals surface area contributed by atoms with Crippen molar-refractivity contribution in [2.45, 2.75) is 12.5 Å². The van der Waals surface area contributed by atoms with Crippen LogP contribution in [0.3, 0.4) is 0 Å². The molecule has 1 atom stereocenters. The Bertz CT molecular complexity index is 612. The molecule has 20 heavy (non-hydrogen) atoms. The number of halogens is 1. The number of hydrogen-bond donors (Lipinski definition) is 1. The van der Waals surface area contributed by atoms with Gasteiger partial charge in [0.2, 0.25) is 0 Å². The maximum absolute atomic E-state index is 12.9. The number of likely N-dealkylation sites (N-methyl/N-ethyl adjacent to an activating group) is 1. The van der Waals surface area contributed by atoms with Crippen LogP contribution in [-0.2, 0) is 6.42 Å². The van der Waals surface area contributed by atoms with E-state index in [2.05, 4.69) is 4.90 Å². The first-order valence-corrected chi connectivity index (χ1v) is 6.57. The van der Waals surface area contributed by atoms with Gasteiger partial charge in [0.1, 0.15) is 23.4 Å². The van der Waals surface area contributed by atoms with Crippen LogP contribution in [0.4, 0.5) is 10.1 Å². The first-order valence-electron chi connectivity index (χ1n) is 6.57. The zero-order chi connectivity index (χ0) is 14.1. The van der Waals surface area contributed by atoms with Gasteiger partial charge in [-0.15, -0.1) is 0 Å². The van der Waals surface area contributed by atoms with E-state index in [9.17, 15) is 9.50 Å². The minimum Gasteiger partial charge on any atom is -0.508 e. The minimum atomic E-state index is -0.231. The second-order valence-corrected chi connectivity index (χ2v) is 5.10. The zero-order valence-corrected chi connectivity index (χ0v) is 11.2. The molecule has 4 heteroatoms. The summed E-state index contributed by atoms with van der Waals surface area (Å²) in [7, 11) is 2.00. The molecule has 3 rings (SSSR count). The van der Waals surface area contributed by atoms with Gasteiger partial charge in [-0.05, 0) is 29.8 Å². The third-order valence-electron chi connectivity index (χ3n) is 3.50. The lowest BCUT2D eigenvalue weighted by Crippen LogP contribution is -2.38. The Kier molecular flexibility index (Phi) is 3.22. The molecule has 1 aliphatic heterocycles. The van der Waals surface area contributed by atoms with Gasteiger partial charge in [0.25, 0.3) is 0 Å². The standard InChI is InChI=1S/C16H16FNO2/c1-18-10-14(8-11-2-4-12(17)5-3-11)20-16-9-13(19)6-7-15(16)18/h2-7,9,14,19H,8,10H2,1H3. The first kappa shape index (κ1) is 12.8. The van der Waals surface area contributed by atoms with Crippen LogP contribution in [0, 0.1) is 5.82 Å². The van der Waals surface area contributed by atoms with Gasteiger partial charge in [-0.25, -0.2) is 4.39 Å². The van der Waals surface area contributed by atoms with Gasteiger partial charge in [-0.1, -0.05) is 12.1 Å². The molecule has 1 unspecified atom stereocenters. The van der Waals surface area contributed by atoms with E-state index in [0.29, 0.717) is 12.2 Å². The molecule has 1 aliphatic rings. The maximum atomic E-state index is 12.9. The number of aromatic hydroxyl groups is 1. The zero-order valence-electron chi connectivity index (χ0n) is 11.2. The van der Waals surface area contributed by atoms with Crippen molar-refractivity contribution in [2.75, 3.05) is 18.5 Å². The summed E-state index contributed by atoms with van der Waals surface area (Å²) in [5.41, 5.74) is 2.01. The van der Waals surface area contributed by atoms with Crippen LogP contribution in [0.1, 0.15) is 5.56 Å². The number of fused-ring (bicyclic) bond motifs is 1. The molecule has 0 aromatic heterocycles. The highest BCUT2D eigenvalue weighted by molar-refractivity contribution is 5.62. The number of anilines is 1. The van der Waals surface area contributed by atoms with E-state index in [1.54, 1.807) is 24.3 Å². The van der Waals surface area contributed by atoms with Crippen molar-refractivity contribution >= 4 is 5.69 Å². The van der Waals surface area contributed by atoms with E-state index in [0.717, 1.165) is 17.8 Å². The average Bonchev–Trinajstić information content (AvgIpc) is 2.41. The monoisotopic (exact) mass is 273 g/mol. The third-order valence-corrected chi connectivity index (χ3v) is 3.50. The van der Waals surface area contributed by atoms with Crippen LogP contribution in [0.15, 0.2) is 42.5 Å². The molecule has 0 fully saturated rings. The Morgan fingerprint density at radius 3 is 2.75 bits per heavy atom. The fourth-order valence-electron chi connectivity index (χ4n) is 2.52. The second-order valence-electron chi connectivity index (χ2n) is 5.10. The summed E-state index contributed by atoms with van der Waals surface area (Å²) in [5.74, 6) is 0.649. The molecular weight excluding hydrogens is 257 g/mol. The van der Waals surface area contributed by atoms with E-state index < -0.39 is 0 Å². The van der Waals surface area contributed by atoms with Crippen molar-refractivity contribution in [3.63, 3.8) is 0 Å². The highest BCUT2D eigenvalue weighted by Gasteiger charge is 2.23. The molecule has 0 aliphatic carbocycles. The average molecular weight is 273 g/mol.